The SMILES string of the molecule is CC(CCc1ccccc1)Nc1ccc(N)c(C#N)c1. The first-order valence-electron chi connectivity index (χ1n) is 6.79. The van der Waals surface area contributed by atoms with Crippen molar-refractivity contribution >= 4 is 11.4 Å². The molecule has 0 spiro atoms. The van der Waals surface area contributed by atoms with Crippen LogP contribution in [0.25, 0.3) is 0 Å². The number of hydrogen-bond donors (Lipinski definition) is 2. The first-order chi connectivity index (χ1) is 9.69. The lowest BCUT2D eigenvalue weighted by Crippen LogP contribution is -2.16. The van der Waals surface area contributed by atoms with Gasteiger partial charge in [0.1, 0.15) is 6.07 Å². The van der Waals surface area contributed by atoms with Gasteiger partial charge in [-0.15, -0.1) is 0 Å². The monoisotopic (exact) mass is 265 g/mol. The Labute approximate surface area is 120 Å². The largest absolute Gasteiger partial charge is 0.398 e. The van der Waals surface area contributed by atoms with E-state index in [1.165, 1.54) is 5.56 Å². The zero-order valence-electron chi connectivity index (χ0n) is 11.6. The highest BCUT2D eigenvalue weighted by molar-refractivity contribution is 5.62. The van der Waals surface area contributed by atoms with Crippen molar-refractivity contribution in [2.24, 2.45) is 0 Å². The highest BCUT2D eigenvalue weighted by atomic mass is 14.9. The van der Waals surface area contributed by atoms with Crippen LogP contribution < -0.4 is 11.1 Å². The molecule has 0 amide bonds. The second-order valence-electron chi connectivity index (χ2n) is 4.98. The van der Waals surface area contributed by atoms with Crippen molar-refractivity contribution in [2.45, 2.75) is 25.8 Å². The molecule has 2 aromatic rings. The number of benzene rings is 2. The number of nitrogens with two attached hydrogens (primary N) is 1. The van der Waals surface area contributed by atoms with Gasteiger partial charge < -0.3 is 11.1 Å². The van der Waals surface area contributed by atoms with E-state index in [0.717, 1.165) is 18.5 Å². The van der Waals surface area contributed by atoms with Gasteiger partial charge in [-0.25, -0.2) is 0 Å². The Balaban J connectivity index is 1.91. The van der Waals surface area contributed by atoms with Crippen LogP contribution in [0.2, 0.25) is 0 Å². The Morgan fingerprint density at radius 2 is 1.95 bits per heavy atom. The van der Waals surface area contributed by atoms with Crippen LogP contribution >= 0.6 is 0 Å². The number of nitriles is 1. The zero-order valence-corrected chi connectivity index (χ0v) is 11.6. The Hall–Kier alpha value is -2.47. The van der Waals surface area contributed by atoms with Gasteiger partial charge in [0.2, 0.25) is 0 Å². The fraction of sp³-hybridized carbons (Fsp3) is 0.235. The van der Waals surface area contributed by atoms with Gasteiger partial charge in [-0.05, 0) is 43.5 Å². The third kappa shape index (κ3) is 3.76. The fourth-order valence-corrected chi connectivity index (χ4v) is 2.13. The fourth-order valence-electron chi connectivity index (χ4n) is 2.13. The smallest absolute Gasteiger partial charge is 0.101 e. The molecule has 1 unspecified atom stereocenters. The molecule has 2 rings (SSSR count). The predicted molar refractivity (Wildman–Crippen MR) is 83.4 cm³/mol. The zero-order chi connectivity index (χ0) is 14.4. The van der Waals surface area contributed by atoms with E-state index in [9.17, 15) is 0 Å². The summed E-state index contributed by atoms with van der Waals surface area (Å²) in [4.78, 5) is 0. The molecule has 3 nitrogen and oxygen atoms in total. The van der Waals surface area contributed by atoms with Gasteiger partial charge in [0.05, 0.1) is 5.56 Å². The van der Waals surface area contributed by atoms with Gasteiger partial charge in [-0.2, -0.15) is 5.26 Å². The van der Waals surface area contributed by atoms with E-state index in [4.69, 9.17) is 11.0 Å². The molecule has 0 saturated carbocycles. The van der Waals surface area contributed by atoms with E-state index in [1.807, 2.05) is 12.1 Å². The molecule has 0 radical (unpaired) electrons. The maximum absolute atomic E-state index is 8.97. The first kappa shape index (κ1) is 14.0. The number of hydrogen-bond acceptors (Lipinski definition) is 3. The third-order valence-corrected chi connectivity index (χ3v) is 3.30. The molecule has 0 heterocycles. The standard InChI is InChI=1S/C17H19N3/c1-13(7-8-14-5-3-2-4-6-14)20-16-9-10-17(19)15(11-16)12-18/h2-6,9-11,13,20H,7-8,19H2,1H3. The summed E-state index contributed by atoms with van der Waals surface area (Å²) < 4.78 is 0. The van der Waals surface area contributed by atoms with Crippen molar-refractivity contribution in [2.75, 3.05) is 11.1 Å². The van der Waals surface area contributed by atoms with Crippen LogP contribution in [0.4, 0.5) is 11.4 Å². The van der Waals surface area contributed by atoms with Crippen molar-refractivity contribution in [1.29, 1.82) is 5.26 Å². The highest BCUT2D eigenvalue weighted by Crippen LogP contribution is 2.18. The average molecular weight is 265 g/mol. The van der Waals surface area contributed by atoms with E-state index in [-0.39, 0.29) is 0 Å². The van der Waals surface area contributed by atoms with Gasteiger partial charge >= 0.3 is 0 Å². The van der Waals surface area contributed by atoms with E-state index in [1.54, 1.807) is 12.1 Å². The van der Waals surface area contributed by atoms with Gasteiger partial charge in [-0.1, -0.05) is 30.3 Å². The molecule has 0 aromatic heterocycles. The van der Waals surface area contributed by atoms with Crippen LogP contribution in [0.1, 0.15) is 24.5 Å². The molecule has 0 aliphatic rings. The molecule has 0 aliphatic heterocycles. The van der Waals surface area contributed by atoms with E-state index in [2.05, 4.69) is 42.6 Å². The Morgan fingerprint density at radius 3 is 2.65 bits per heavy atom. The molecule has 1 atom stereocenters. The number of nitrogens with zero attached hydrogens (tertiary/aromatic N) is 1. The molecule has 3 N–H and O–H groups in total. The summed E-state index contributed by atoms with van der Waals surface area (Å²) in [5.41, 5.74) is 9.04. The summed E-state index contributed by atoms with van der Waals surface area (Å²) in [6.45, 7) is 2.14. The molecule has 0 saturated heterocycles. The van der Waals surface area contributed by atoms with Crippen molar-refractivity contribution < 1.29 is 0 Å². The summed E-state index contributed by atoms with van der Waals surface area (Å²) in [5, 5.41) is 12.4. The summed E-state index contributed by atoms with van der Waals surface area (Å²) in [7, 11) is 0. The molecule has 3 heteroatoms. The van der Waals surface area contributed by atoms with Gasteiger partial charge in [0.15, 0.2) is 0 Å². The molecule has 0 bridgehead atoms. The highest BCUT2D eigenvalue weighted by Gasteiger charge is 2.05. The van der Waals surface area contributed by atoms with E-state index < -0.39 is 0 Å². The minimum atomic E-state index is 0.338. The Bertz CT molecular complexity index is 599. The molecule has 102 valence electrons. The van der Waals surface area contributed by atoms with Crippen LogP contribution in [-0.2, 0) is 6.42 Å². The lowest BCUT2D eigenvalue weighted by Gasteiger charge is -2.15. The Morgan fingerprint density at radius 1 is 1.20 bits per heavy atom. The topological polar surface area (TPSA) is 61.8 Å². The first-order valence-corrected chi connectivity index (χ1v) is 6.79. The number of nitrogen functional groups attached to an aromatic ring is 1. The normalized spacial score (nSPS) is 11.6. The molecule has 0 aliphatic carbocycles. The van der Waals surface area contributed by atoms with Gasteiger partial charge in [-0.3, -0.25) is 0 Å². The van der Waals surface area contributed by atoms with Crippen LogP contribution in [0, 0.1) is 11.3 Å². The quantitative estimate of drug-likeness (QED) is 0.812. The summed E-state index contributed by atoms with van der Waals surface area (Å²) >= 11 is 0. The summed E-state index contributed by atoms with van der Waals surface area (Å²) in [5.74, 6) is 0. The maximum Gasteiger partial charge on any atom is 0.101 e. The maximum atomic E-state index is 8.97. The summed E-state index contributed by atoms with van der Waals surface area (Å²) in [6, 6.07) is 18.4. The second kappa shape index (κ2) is 6.63. The molecular formula is C17H19N3. The van der Waals surface area contributed by atoms with Crippen molar-refractivity contribution in [3.8, 4) is 6.07 Å². The lowest BCUT2D eigenvalue weighted by atomic mass is 10.1. The van der Waals surface area contributed by atoms with E-state index >= 15 is 0 Å². The molecule has 0 fully saturated rings. The number of nitrogens with one attached hydrogen (secondary N) is 1. The van der Waals surface area contributed by atoms with Crippen molar-refractivity contribution in [3.05, 3.63) is 59.7 Å². The molecule has 20 heavy (non-hydrogen) atoms. The van der Waals surface area contributed by atoms with Crippen LogP contribution in [0.3, 0.4) is 0 Å². The predicted octanol–water partition coefficient (Wildman–Crippen LogP) is 3.57. The summed E-state index contributed by atoms with van der Waals surface area (Å²) in [6.07, 6.45) is 2.07. The minimum absolute atomic E-state index is 0.338. The van der Waals surface area contributed by atoms with Crippen molar-refractivity contribution in [1.82, 2.24) is 0 Å². The average Bonchev–Trinajstić information content (AvgIpc) is 2.48. The second-order valence-corrected chi connectivity index (χ2v) is 4.98. The number of anilines is 2. The molecule has 2 aromatic carbocycles. The lowest BCUT2D eigenvalue weighted by molar-refractivity contribution is 0.706. The van der Waals surface area contributed by atoms with Crippen LogP contribution in [0.5, 0.6) is 0 Å². The number of aryl methyl sites for hydroxylation is 1. The third-order valence-electron chi connectivity index (χ3n) is 3.30. The number of rotatable bonds is 5. The van der Waals surface area contributed by atoms with E-state index in [0.29, 0.717) is 17.3 Å². The molecular weight excluding hydrogens is 246 g/mol. The van der Waals surface area contributed by atoms with Gasteiger partial charge in [0, 0.05) is 17.4 Å². The van der Waals surface area contributed by atoms with Gasteiger partial charge in [0.25, 0.3) is 0 Å². The van der Waals surface area contributed by atoms with Crippen LogP contribution in [0.15, 0.2) is 48.5 Å². The minimum Gasteiger partial charge on any atom is -0.398 e. The van der Waals surface area contributed by atoms with Crippen LogP contribution in [-0.4, -0.2) is 6.04 Å². The van der Waals surface area contributed by atoms with Crippen molar-refractivity contribution in [3.63, 3.8) is 0 Å². The Kier molecular flexibility index (Phi) is 4.62.